The van der Waals surface area contributed by atoms with E-state index in [0.29, 0.717) is 12.8 Å². The van der Waals surface area contributed by atoms with Crippen molar-refractivity contribution in [2.75, 3.05) is 13.2 Å². The molecule has 1 aliphatic rings. The van der Waals surface area contributed by atoms with Crippen LogP contribution in [0.5, 0.6) is 0 Å². The lowest BCUT2D eigenvalue weighted by Gasteiger charge is -2.41. The Morgan fingerprint density at radius 2 is 1.11 bits per heavy atom. The molecule has 1 rings (SSSR count). The number of aliphatic hydroxyl groups excluding tert-OH is 7. The lowest BCUT2D eigenvalue weighted by molar-refractivity contribution is -0.220. The smallest absolute Gasteiger partial charge is 0.462 e. The molecular formula is C47H77O15P. The maximum absolute atomic E-state index is 12.8. The van der Waals surface area contributed by atoms with Gasteiger partial charge in [0.15, 0.2) is 6.10 Å². The summed E-state index contributed by atoms with van der Waals surface area (Å²) in [4.78, 5) is 35.7. The Morgan fingerprint density at radius 3 is 1.73 bits per heavy atom. The number of hydrogen-bond acceptors (Lipinski definition) is 14. The molecule has 0 aliphatic heterocycles. The van der Waals surface area contributed by atoms with E-state index in [1.807, 2.05) is 24.3 Å². The van der Waals surface area contributed by atoms with Crippen LogP contribution in [0.3, 0.4) is 0 Å². The highest BCUT2D eigenvalue weighted by Crippen LogP contribution is 2.47. The van der Waals surface area contributed by atoms with Crippen LogP contribution in [0.2, 0.25) is 0 Å². The van der Waals surface area contributed by atoms with Crippen molar-refractivity contribution in [2.45, 2.75) is 184 Å². The predicted molar refractivity (Wildman–Crippen MR) is 242 cm³/mol. The third kappa shape index (κ3) is 29.2. The maximum atomic E-state index is 12.8. The molecule has 0 spiro atoms. The van der Waals surface area contributed by atoms with Gasteiger partial charge in [0.05, 0.1) is 18.8 Å². The molecule has 15 nitrogen and oxygen atoms in total. The Morgan fingerprint density at radius 1 is 0.587 bits per heavy atom. The van der Waals surface area contributed by atoms with E-state index in [9.17, 15) is 54.8 Å². The van der Waals surface area contributed by atoms with E-state index in [4.69, 9.17) is 18.5 Å². The van der Waals surface area contributed by atoms with E-state index in [1.165, 1.54) is 0 Å². The number of hydrogen-bond donors (Lipinski definition) is 8. The molecule has 1 saturated carbocycles. The number of allylic oxidation sites excluding steroid dienone is 12. The minimum absolute atomic E-state index is 0.0227. The van der Waals surface area contributed by atoms with Crippen molar-refractivity contribution < 1.29 is 73.3 Å². The van der Waals surface area contributed by atoms with Crippen LogP contribution in [-0.4, -0.2) is 121 Å². The van der Waals surface area contributed by atoms with Crippen molar-refractivity contribution in [1.29, 1.82) is 0 Å². The number of rotatable bonds is 35. The van der Waals surface area contributed by atoms with Crippen molar-refractivity contribution in [3.05, 3.63) is 85.1 Å². The molecule has 0 heterocycles. The zero-order chi connectivity index (χ0) is 46.7. The molecule has 0 radical (unpaired) electrons. The van der Waals surface area contributed by atoms with Gasteiger partial charge in [-0.15, -0.1) is 0 Å². The van der Waals surface area contributed by atoms with Crippen LogP contribution in [0, 0.1) is 0 Å². The Kier molecular flexibility index (Phi) is 33.3. The molecule has 0 saturated heterocycles. The lowest BCUT2D eigenvalue weighted by atomic mass is 9.85. The third-order valence-corrected chi connectivity index (χ3v) is 10.9. The number of ether oxygens (including phenoxy) is 2. The second-order valence-corrected chi connectivity index (χ2v) is 17.0. The Labute approximate surface area is 374 Å². The SMILES string of the molecule is CC/C=C\C/C=C\C/C=C\CCCCCCCC(=O)O[C@H](COC(=O)CCC[C@@H](O)/C=C/C=C\C/C=C\C=C\[C@@H](O)CCCCC)COP(=O)(O)OC1[C@H](O)[C@H](O)C(O)[C@H](O)[C@H]1O. The van der Waals surface area contributed by atoms with E-state index in [-0.39, 0.29) is 25.7 Å². The highest BCUT2D eigenvalue weighted by atomic mass is 31.2. The minimum atomic E-state index is -5.18. The first-order valence-electron chi connectivity index (χ1n) is 22.6. The predicted octanol–water partition coefficient (Wildman–Crippen LogP) is 6.44. The first kappa shape index (κ1) is 58.0. The highest BCUT2D eigenvalue weighted by Gasteiger charge is 2.51. The van der Waals surface area contributed by atoms with Crippen LogP contribution in [0.15, 0.2) is 85.1 Å². The van der Waals surface area contributed by atoms with Crippen molar-refractivity contribution in [2.24, 2.45) is 0 Å². The average molecular weight is 913 g/mol. The van der Waals surface area contributed by atoms with Gasteiger partial charge < -0.3 is 50.1 Å². The van der Waals surface area contributed by atoms with Crippen LogP contribution in [0.1, 0.15) is 129 Å². The number of carbonyl (C=O) groups excluding carboxylic acids is 2. The summed E-state index contributed by atoms with van der Waals surface area (Å²) in [5, 5.41) is 70.3. The molecule has 63 heavy (non-hydrogen) atoms. The Hall–Kier alpha value is -3.05. The van der Waals surface area contributed by atoms with Crippen molar-refractivity contribution in [3.8, 4) is 0 Å². The summed E-state index contributed by atoms with van der Waals surface area (Å²) in [5.74, 6) is -1.36. The normalized spacial score (nSPS) is 23.5. The largest absolute Gasteiger partial charge is 0.472 e. The van der Waals surface area contributed by atoms with E-state index in [0.717, 1.165) is 77.0 Å². The van der Waals surface area contributed by atoms with Crippen LogP contribution in [-0.2, 0) is 32.7 Å². The second-order valence-electron chi connectivity index (χ2n) is 15.6. The van der Waals surface area contributed by atoms with Gasteiger partial charge in [-0.25, -0.2) is 4.57 Å². The molecule has 0 amide bonds. The van der Waals surface area contributed by atoms with Gasteiger partial charge in [0.1, 0.15) is 43.2 Å². The summed E-state index contributed by atoms with van der Waals surface area (Å²) in [5.41, 5.74) is 0. The molecule has 3 unspecified atom stereocenters. The molecule has 0 bridgehead atoms. The van der Waals surface area contributed by atoms with Crippen LogP contribution >= 0.6 is 7.82 Å². The molecular weight excluding hydrogens is 835 g/mol. The van der Waals surface area contributed by atoms with Gasteiger partial charge >= 0.3 is 19.8 Å². The second kappa shape index (κ2) is 36.2. The van der Waals surface area contributed by atoms with E-state index in [1.54, 1.807) is 24.3 Å². The number of unbranched alkanes of at least 4 members (excludes halogenated alkanes) is 7. The van der Waals surface area contributed by atoms with E-state index in [2.05, 4.69) is 50.3 Å². The van der Waals surface area contributed by atoms with Gasteiger partial charge in [-0.2, -0.15) is 0 Å². The summed E-state index contributed by atoms with van der Waals surface area (Å²) in [6, 6.07) is 0. The average Bonchev–Trinajstić information content (AvgIpc) is 3.25. The standard InChI is InChI=1S/C47H77O15P/c1-3-5-7-8-9-10-11-12-13-14-15-16-20-23-27-33-41(51)61-39(36-60-63(57,58)62-47-45(55)43(53)42(52)44(54)46(47)56)35-59-40(50)34-28-32-38(49)31-26-22-19-17-18-21-25-30-37(48)29-24-6-4-2/h5,7,9-10,12-13,18-19,21-22,25-26,30-31,37-39,42-49,52-56H,3-4,6,8,11,14-17,20,23-24,27-29,32-36H2,1-2H3,(H,57,58)/b7-5-,10-9-,13-12-,21-18-,22-19-,30-25+,31-26+/t37-,38-,39+,42?,43-,44+,45+,46+,47?/m0/s1. The number of esters is 2. The molecule has 0 aromatic carbocycles. The van der Waals surface area contributed by atoms with Gasteiger partial charge in [0.2, 0.25) is 0 Å². The van der Waals surface area contributed by atoms with Gasteiger partial charge in [0, 0.05) is 12.8 Å². The molecule has 0 aromatic heterocycles. The van der Waals surface area contributed by atoms with Crippen molar-refractivity contribution in [1.82, 2.24) is 0 Å². The number of phosphoric ester groups is 1. The van der Waals surface area contributed by atoms with Crippen LogP contribution in [0.4, 0.5) is 0 Å². The number of phosphoric acid groups is 1. The minimum Gasteiger partial charge on any atom is -0.462 e. The van der Waals surface area contributed by atoms with Gasteiger partial charge in [-0.3, -0.25) is 18.6 Å². The molecule has 16 heteroatoms. The fourth-order valence-corrected chi connectivity index (χ4v) is 7.19. The summed E-state index contributed by atoms with van der Waals surface area (Å²) in [6.45, 7) is 2.85. The molecule has 0 aromatic rings. The van der Waals surface area contributed by atoms with Crippen LogP contribution < -0.4 is 0 Å². The summed E-state index contributed by atoms with van der Waals surface area (Å²) in [7, 11) is -5.18. The van der Waals surface area contributed by atoms with Crippen molar-refractivity contribution >= 4 is 19.8 Å². The highest BCUT2D eigenvalue weighted by molar-refractivity contribution is 7.47. The fourth-order valence-electron chi connectivity index (χ4n) is 6.22. The van der Waals surface area contributed by atoms with Gasteiger partial charge in [0.25, 0.3) is 0 Å². The third-order valence-electron chi connectivity index (χ3n) is 9.93. The summed E-state index contributed by atoms with van der Waals surface area (Å²) >= 11 is 0. The molecule has 10 atom stereocenters. The number of aliphatic hydroxyl groups is 7. The quantitative estimate of drug-likeness (QED) is 0.0112. The van der Waals surface area contributed by atoms with E-state index >= 15 is 0 Å². The molecule has 360 valence electrons. The zero-order valence-electron chi connectivity index (χ0n) is 37.3. The van der Waals surface area contributed by atoms with Crippen molar-refractivity contribution in [3.63, 3.8) is 0 Å². The number of carbonyl (C=O) groups is 2. The molecule has 1 fully saturated rings. The summed E-state index contributed by atoms with van der Waals surface area (Å²) < 4.78 is 33.3. The Bertz CT molecular complexity index is 1460. The fraction of sp³-hybridized carbons (Fsp3) is 0.660. The molecule has 8 N–H and O–H groups in total. The van der Waals surface area contributed by atoms with Gasteiger partial charge in [-0.05, 0) is 64.2 Å². The first-order chi connectivity index (χ1) is 30.2. The molecule has 1 aliphatic carbocycles. The topological polar surface area (TPSA) is 250 Å². The lowest BCUT2D eigenvalue weighted by Crippen LogP contribution is -2.64. The maximum Gasteiger partial charge on any atom is 0.472 e. The first-order valence-corrected chi connectivity index (χ1v) is 24.1. The van der Waals surface area contributed by atoms with E-state index < -0.39 is 87.9 Å². The Balaban J connectivity index is 2.60. The monoisotopic (exact) mass is 913 g/mol. The van der Waals surface area contributed by atoms with Crippen LogP contribution in [0.25, 0.3) is 0 Å². The van der Waals surface area contributed by atoms with Gasteiger partial charge in [-0.1, -0.05) is 137 Å². The summed E-state index contributed by atoms with van der Waals surface area (Å²) in [6.07, 6.45) is 25.5. The zero-order valence-corrected chi connectivity index (χ0v) is 38.2.